The summed E-state index contributed by atoms with van der Waals surface area (Å²) >= 11 is 1.44. The minimum atomic E-state index is -0.687. The monoisotopic (exact) mass is 343 g/mol. The van der Waals surface area contributed by atoms with Gasteiger partial charge in [-0.1, -0.05) is 30.3 Å². The first-order valence-corrected chi connectivity index (χ1v) is 7.98. The molecule has 0 aliphatic rings. The highest BCUT2D eigenvalue weighted by atomic mass is 32.1. The van der Waals surface area contributed by atoms with Gasteiger partial charge in [-0.3, -0.25) is 14.9 Å². The van der Waals surface area contributed by atoms with Gasteiger partial charge >= 0.3 is 5.88 Å². The SMILES string of the molecule is CC(NC(=O)c1ccc([N+](=O)[O-])o1)c1nc(-c2ccccc2)cs1. The van der Waals surface area contributed by atoms with Crippen molar-refractivity contribution in [2.75, 3.05) is 0 Å². The molecule has 0 fully saturated rings. The van der Waals surface area contributed by atoms with Crippen LogP contribution in [-0.2, 0) is 0 Å². The van der Waals surface area contributed by atoms with Crippen LogP contribution in [-0.4, -0.2) is 15.8 Å². The van der Waals surface area contributed by atoms with Gasteiger partial charge in [-0.25, -0.2) is 4.98 Å². The van der Waals surface area contributed by atoms with Crippen LogP contribution < -0.4 is 5.32 Å². The number of thiazole rings is 1. The molecule has 0 radical (unpaired) electrons. The van der Waals surface area contributed by atoms with E-state index < -0.39 is 16.7 Å². The standard InChI is InChI=1S/C16H13N3O4S/c1-10(17-15(20)13-7-8-14(23-13)19(21)22)16-18-12(9-24-16)11-5-3-2-4-6-11/h2-10H,1H3,(H,17,20). The van der Waals surface area contributed by atoms with Gasteiger partial charge in [0.25, 0.3) is 5.91 Å². The summed E-state index contributed by atoms with van der Waals surface area (Å²) in [5.41, 5.74) is 1.84. The largest absolute Gasteiger partial charge is 0.433 e. The number of hydrogen-bond acceptors (Lipinski definition) is 6. The number of rotatable bonds is 5. The number of carbonyl (C=O) groups excluding carboxylic acids is 1. The number of hydrogen-bond donors (Lipinski definition) is 1. The molecule has 3 rings (SSSR count). The number of nitro groups is 1. The molecule has 122 valence electrons. The zero-order chi connectivity index (χ0) is 17.1. The molecule has 0 aliphatic heterocycles. The Bertz CT molecular complexity index is 872. The fourth-order valence-corrected chi connectivity index (χ4v) is 2.94. The van der Waals surface area contributed by atoms with Crippen molar-refractivity contribution < 1.29 is 14.1 Å². The van der Waals surface area contributed by atoms with E-state index in [0.29, 0.717) is 0 Å². The predicted molar refractivity (Wildman–Crippen MR) is 88.8 cm³/mol. The molecular formula is C16H13N3O4S. The molecule has 1 amide bonds. The summed E-state index contributed by atoms with van der Waals surface area (Å²) < 4.78 is 4.89. The fourth-order valence-electron chi connectivity index (χ4n) is 2.11. The number of furan rings is 1. The molecule has 24 heavy (non-hydrogen) atoms. The maximum atomic E-state index is 12.1. The summed E-state index contributed by atoms with van der Waals surface area (Å²) in [5, 5.41) is 16.0. The van der Waals surface area contributed by atoms with Crippen molar-refractivity contribution in [1.29, 1.82) is 0 Å². The van der Waals surface area contributed by atoms with E-state index in [4.69, 9.17) is 4.42 Å². The molecule has 1 aromatic carbocycles. The lowest BCUT2D eigenvalue weighted by Gasteiger charge is -2.09. The Kier molecular flexibility index (Phi) is 4.39. The zero-order valence-electron chi connectivity index (χ0n) is 12.6. The van der Waals surface area contributed by atoms with Gasteiger partial charge < -0.3 is 9.73 Å². The van der Waals surface area contributed by atoms with Crippen molar-refractivity contribution in [2.24, 2.45) is 0 Å². The van der Waals surface area contributed by atoms with Crippen LogP contribution in [0.1, 0.15) is 28.5 Å². The van der Waals surface area contributed by atoms with E-state index >= 15 is 0 Å². The number of nitrogens with zero attached hydrogens (tertiary/aromatic N) is 2. The molecule has 1 unspecified atom stereocenters. The summed E-state index contributed by atoms with van der Waals surface area (Å²) in [7, 11) is 0. The molecular weight excluding hydrogens is 330 g/mol. The van der Waals surface area contributed by atoms with Crippen LogP contribution in [0.4, 0.5) is 5.88 Å². The van der Waals surface area contributed by atoms with E-state index in [-0.39, 0.29) is 11.8 Å². The number of benzene rings is 1. The summed E-state index contributed by atoms with van der Waals surface area (Å²) in [6.45, 7) is 1.79. The van der Waals surface area contributed by atoms with Gasteiger partial charge in [0.1, 0.15) is 9.93 Å². The molecule has 2 aromatic heterocycles. The minimum Gasteiger partial charge on any atom is -0.395 e. The van der Waals surface area contributed by atoms with E-state index in [1.807, 2.05) is 35.7 Å². The molecule has 8 heteroatoms. The number of nitrogens with one attached hydrogen (secondary N) is 1. The van der Waals surface area contributed by atoms with Gasteiger partial charge in [0, 0.05) is 10.9 Å². The number of amides is 1. The number of aromatic nitrogens is 1. The molecule has 0 bridgehead atoms. The van der Waals surface area contributed by atoms with Gasteiger partial charge in [-0.05, 0) is 13.0 Å². The lowest BCUT2D eigenvalue weighted by atomic mass is 10.2. The molecule has 0 saturated carbocycles. The Morgan fingerprint density at radius 1 is 1.29 bits per heavy atom. The molecule has 0 saturated heterocycles. The van der Waals surface area contributed by atoms with Gasteiger partial charge in [-0.15, -0.1) is 11.3 Å². The smallest absolute Gasteiger partial charge is 0.395 e. The highest BCUT2D eigenvalue weighted by molar-refractivity contribution is 7.10. The fraction of sp³-hybridized carbons (Fsp3) is 0.125. The predicted octanol–water partition coefficient (Wildman–Crippen LogP) is 3.80. The van der Waals surface area contributed by atoms with Gasteiger partial charge in [-0.2, -0.15) is 0 Å². The molecule has 2 heterocycles. The van der Waals surface area contributed by atoms with Crippen molar-refractivity contribution in [3.63, 3.8) is 0 Å². The molecule has 1 atom stereocenters. The van der Waals surface area contributed by atoms with E-state index in [0.717, 1.165) is 22.3 Å². The van der Waals surface area contributed by atoms with Gasteiger partial charge in [0.05, 0.1) is 17.8 Å². The lowest BCUT2D eigenvalue weighted by molar-refractivity contribution is -0.402. The van der Waals surface area contributed by atoms with Crippen LogP contribution in [0, 0.1) is 10.1 Å². The van der Waals surface area contributed by atoms with E-state index in [1.165, 1.54) is 17.4 Å². The zero-order valence-corrected chi connectivity index (χ0v) is 13.4. The Morgan fingerprint density at radius 3 is 2.71 bits per heavy atom. The number of carbonyl (C=O) groups is 1. The second-order valence-electron chi connectivity index (χ2n) is 5.03. The quantitative estimate of drug-likeness (QED) is 0.561. The van der Waals surface area contributed by atoms with Crippen LogP contribution in [0.2, 0.25) is 0 Å². The van der Waals surface area contributed by atoms with E-state index in [1.54, 1.807) is 6.92 Å². The minimum absolute atomic E-state index is 0.103. The third-order valence-corrected chi connectivity index (χ3v) is 4.33. The molecule has 1 N–H and O–H groups in total. The first kappa shape index (κ1) is 15.9. The topological polar surface area (TPSA) is 98.3 Å². The second-order valence-corrected chi connectivity index (χ2v) is 5.92. The first-order valence-electron chi connectivity index (χ1n) is 7.10. The summed E-state index contributed by atoms with van der Waals surface area (Å²) in [6, 6.07) is 11.8. The average Bonchev–Trinajstić information content (AvgIpc) is 3.25. The third kappa shape index (κ3) is 3.33. The Hall–Kier alpha value is -3.00. The molecule has 3 aromatic rings. The van der Waals surface area contributed by atoms with Crippen LogP contribution in [0.5, 0.6) is 0 Å². The lowest BCUT2D eigenvalue weighted by Crippen LogP contribution is -2.26. The van der Waals surface area contributed by atoms with Crippen molar-refractivity contribution in [3.8, 4) is 11.3 Å². The van der Waals surface area contributed by atoms with Gasteiger partial charge in [0.2, 0.25) is 0 Å². The average molecular weight is 343 g/mol. The van der Waals surface area contributed by atoms with Crippen LogP contribution >= 0.6 is 11.3 Å². The highest BCUT2D eigenvalue weighted by Crippen LogP contribution is 2.25. The second kappa shape index (κ2) is 6.63. The van der Waals surface area contributed by atoms with Crippen molar-refractivity contribution in [2.45, 2.75) is 13.0 Å². The normalized spacial score (nSPS) is 11.9. The summed E-state index contributed by atoms with van der Waals surface area (Å²) in [5.74, 6) is -1.09. The maximum Gasteiger partial charge on any atom is 0.433 e. The van der Waals surface area contributed by atoms with Crippen molar-refractivity contribution >= 4 is 23.1 Å². The van der Waals surface area contributed by atoms with Crippen molar-refractivity contribution in [3.05, 3.63) is 68.7 Å². The highest BCUT2D eigenvalue weighted by Gasteiger charge is 2.20. The Labute approximate surface area is 141 Å². The maximum absolute atomic E-state index is 12.1. The van der Waals surface area contributed by atoms with Crippen LogP contribution in [0.15, 0.2) is 52.3 Å². The van der Waals surface area contributed by atoms with Gasteiger partial charge in [0.15, 0.2) is 5.76 Å². The molecule has 7 nitrogen and oxygen atoms in total. The Balaban J connectivity index is 1.70. The van der Waals surface area contributed by atoms with Crippen LogP contribution in [0.3, 0.4) is 0 Å². The van der Waals surface area contributed by atoms with Crippen molar-refractivity contribution in [1.82, 2.24) is 10.3 Å². The third-order valence-electron chi connectivity index (χ3n) is 3.31. The summed E-state index contributed by atoms with van der Waals surface area (Å²) in [4.78, 5) is 26.5. The molecule has 0 aliphatic carbocycles. The Morgan fingerprint density at radius 2 is 2.04 bits per heavy atom. The molecule has 0 spiro atoms. The van der Waals surface area contributed by atoms with E-state index in [9.17, 15) is 14.9 Å². The first-order chi connectivity index (χ1) is 11.5. The summed E-state index contributed by atoms with van der Waals surface area (Å²) in [6.07, 6.45) is 0. The van der Waals surface area contributed by atoms with Crippen LogP contribution in [0.25, 0.3) is 11.3 Å². The van der Waals surface area contributed by atoms with E-state index in [2.05, 4.69) is 10.3 Å².